The second-order valence-corrected chi connectivity index (χ2v) is 7.52. The van der Waals surface area contributed by atoms with Crippen molar-refractivity contribution in [3.63, 3.8) is 0 Å². The fourth-order valence-corrected chi connectivity index (χ4v) is 3.22. The first-order valence-corrected chi connectivity index (χ1v) is 9.92. The average Bonchev–Trinajstić information content (AvgIpc) is 2.56. The summed E-state index contributed by atoms with van der Waals surface area (Å²) < 4.78 is 20.1. The summed E-state index contributed by atoms with van der Waals surface area (Å²) >= 11 is 0. The number of ether oxygens (including phenoxy) is 1. The average molecular weight is 392 g/mol. The molecule has 0 radical (unpaired) electrons. The summed E-state index contributed by atoms with van der Waals surface area (Å²) in [6, 6.07) is 9.31. The maximum absolute atomic E-state index is 11.3. The Hall–Kier alpha value is -2.30. The highest BCUT2D eigenvalue weighted by molar-refractivity contribution is 7.32. The van der Waals surface area contributed by atoms with Crippen LogP contribution < -0.4 is 4.74 Å². The van der Waals surface area contributed by atoms with Crippen molar-refractivity contribution in [3.05, 3.63) is 58.1 Å². The summed E-state index contributed by atoms with van der Waals surface area (Å²) in [5.74, 6) is 0.156. The van der Waals surface area contributed by atoms with Gasteiger partial charge in [0.15, 0.2) is 6.61 Å². The van der Waals surface area contributed by atoms with E-state index in [1.54, 1.807) is 6.07 Å². The molecule has 0 spiro atoms. The molecule has 0 bridgehead atoms. The molecule has 2 aromatic rings. The zero-order valence-electron chi connectivity index (χ0n) is 15.9. The van der Waals surface area contributed by atoms with Gasteiger partial charge < -0.3 is 19.3 Å². The Morgan fingerprint density at radius 2 is 1.78 bits per heavy atom. The molecule has 1 unspecified atom stereocenters. The van der Waals surface area contributed by atoms with Crippen molar-refractivity contribution in [1.29, 1.82) is 0 Å². The van der Waals surface area contributed by atoms with Crippen molar-refractivity contribution in [2.75, 3.05) is 6.61 Å². The summed E-state index contributed by atoms with van der Waals surface area (Å²) in [7, 11) is -3.30. The van der Waals surface area contributed by atoms with E-state index in [2.05, 4.69) is 4.52 Å². The first-order valence-electron chi connectivity index (χ1n) is 8.65. The molecule has 27 heavy (non-hydrogen) atoms. The molecule has 0 fully saturated rings. The maximum Gasteiger partial charge on any atom is 0.367 e. The number of aryl methyl sites for hydroxylation is 2. The minimum Gasteiger partial charge on any atom is -0.508 e. The summed E-state index contributed by atoms with van der Waals surface area (Å²) in [6.45, 7) is 7.58. The van der Waals surface area contributed by atoms with Crippen molar-refractivity contribution in [2.45, 2.75) is 40.0 Å². The van der Waals surface area contributed by atoms with E-state index in [4.69, 9.17) is 9.63 Å². The Bertz CT molecular complexity index is 837. The van der Waals surface area contributed by atoms with Gasteiger partial charge in [0, 0.05) is 0 Å². The van der Waals surface area contributed by atoms with Crippen LogP contribution in [0.2, 0.25) is 0 Å². The minimum absolute atomic E-state index is 0.234. The van der Waals surface area contributed by atoms with E-state index >= 15 is 0 Å². The third kappa shape index (κ3) is 5.84. The maximum atomic E-state index is 11.3. The second kappa shape index (κ2) is 9.07. The highest BCUT2D eigenvalue weighted by Crippen LogP contribution is 2.29. The van der Waals surface area contributed by atoms with Crippen LogP contribution in [0, 0.1) is 13.8 Å². The predicted molar refractivity (Wildman–Crippen MR) is 104 cm³/mol. The fourth-order valence-electron chi connectivity index (χ4n) is 2.97. The predicted octanol–water partition coefficient (Wildman–Crippen LogP) is 4.03. The monoisotopic (exact) mass is 392 g/mol. The lowest BCUT2D eigenvalue weighted by Gasteiger charge is -2.15. The van der Waals surface area contributed by atoms with Crippen molar-refractivity contribution in [3.8, 4) is 11.5 Å². The normalized spacial score (nSPS) is 12.1. The summed E-state index contributed by atoms with van der Waals surface area (Å²) in [5, 5.41) is 9.99. The summed E-state index contributed by atoms with van der Waals surface area (Å²) in [5.41, 5.74) is 5.18. The molecule has 0 saturated carbocycles. The highest BCUT2D eigenvalue weighted by atomic mass is 31.1. The molecule has 0 amide bonds. The Labute approximate surface area is 159 Å². The Morgan fingerprint density at radius 1 is 1.15 bits per heavy atom. The van der Waals surface area contributed by atoms with Gasteiger partial charge in [-0.3, -0.25) is 0 Å². The van der Waals surface area contributed by atoms with E-state index in [0.717, 1.165) is 27.8 Å². The molecular formula is C20H25O6P. The van der Waals surface area contributed by atoms with Gasteiger partial charge in [0.25, 0.3) is 0 Å². The van der Waals surface area contributed by atoms with Gasteiger partial charge in [-0.1, -0.05) is 26.0 Å². The van der Waals surface area contributed by atoms with Gasteiger partial charge in [-0.15, -0.1) is 0 Å². The molecule has 1 atom stereocenters. The first kappa shape index (κ1) is 21.0. The number of hydrogen-bond acceptors (Lipinski definition) is 5. The van der Waals surface area contributed by atoms with Crippen LogP contribution in [0.5, 0.6) is 11.5 Å². The number of phenolic OH excluding ortho intramolecular Hbond substituents is 1. The van der Waals surface area contributed by atoms with Crippen molar-refractivity contribution in [1.82, 2.24) is 0 Å². The number of rotatable bonds is 7. The van der Waals surface area contributed by atoms with Crippen molar-refractivity contribution >= 4 is 14.2 Å². The zero-order valence-corrected chi connectivity index (χ0v) is 16.9. The third-order valence-corrected chi connectivity index (χ3v) is 4.72. The van der Waals surface area contributed by atoms with Gasteiger partial charge in [0.05, 0.1) is 0 Å². The molecule has 0 aliphatic carbocycles. The molecule has 0 aromatic heterocycles. The van der Waals surface area contributed by atoms with Crippen LogP contribution in [0.15, 0.2) is 30.3 Å². The largest absolute Gasteiger partial charge is 0.508 e. The van der Waals surface area contributed by atoms with Gasteiger partial charge in [-0.05, 0) is 72.2 Å². The van der Waals surface area contributed by atoms with E-state index in [0.29, 0.717) is 17.9 Å². The topological polar surface area (TPSA) is 93.1 Å². The van der Waals surface area contributed by atoms with Gasteiger partial charge in [-0.2, -0.15) is 0 Å². The smallest absolute Gasteiger partial charge is 0.367 e. The molecule has 2 rings (SSSR count). The van der Waals surface area contributed by atoms with E-state index in [1.807, 2.05) is 52.0 Å². The van der Waals surface area contributed by atoms with Gasteiger partial charge in [0.1, 0.15) is 11.5 Å². The molecule has 146 valence electrons. The number of aromatic hydroxyl groups is 1. The van der Waals surface area contributed by atoms with Gasteiger partial charge in [0.2, 0.25) is 0 Å². The Morgan fingerprint density at radius 3 is 2.33 bits per heavy atom. The van der Waals surface area contributed by atoms with Crippen LogP contribution in [0.1, 0.15) is 47.6 Å². The quantitative estimate of drug-likeness (QED) is 0.691. The van der Waals surface area contributed by atoms with Crippen LogP contribution in [-0.4, -0.2) is 22.6 Å². The second-order valence-electron chi connectivity index (χ2n) is 6.79. The molecule has 6 nitrogen and oxygen atoms in total. The number of carbonyl (C=O) groups is 1. The van der Waals surface area contributed by atoms with E-state index in [9.17, 15) is 14.5 Å². The van der Waals surface area contributed by atoms with E-state index in [-0.39, 0.29) is 5.92 Å². The minimum atomic E-state index is -3.30. The SMILES string of the molecule is Cc1cc(OCC(=O)O[PH](=O)O)cc(C)c1Cc1ccc(O)c(C(C)C)c1. The summed E-state index contributed by atoms with van der Waals surface area (Å²) in [6.07, 6.45) is 0.715. The van der Waals surface area contributed by atoms with E-state index < -0.39 is 20.8 Å². The number of phenols is 1. The van der Waals surface area contributed by atoms with Crippen molar-refractivity contribution < 1.29 is 28.6 Å². The van der Waals surface area contributed by atoms with Crippen LogP contribution >= 0.6 is 8.25 Å². The lowest BCUT2D eigenvalue weighted by atomic mass is 9.93. The third-order valence-electron chi connectivity index (χ3n) is 4.32. The summed E-state index contributed by atoms with van der Waals surface area (Å²) in [4.78, 5) is 19.9. The van der Waals surface area contributed by atoms with Crippen LogP contribution in [0.3, 0.4) is 0 Å². The molecule has 7 heteroatoms. The van der Waals surface area contributed by atoms with E-state index in [1.165, 1.54) is 0 Å². The highest BCUT2D eigenvalue weighted by Gasteiger charge is 2.12. The number of hydrogen-bond donors (Lipinski definition) is 2. The molecule has 0 heterocycles. The Kier molecular flexibility index (Phi) is 7.05. The Balaban J connectivity index is 2.16. The molecular weight excluding hydrogens is 367 g/mol. The first-order chi connectivity index (χ1) is 12.7. The van der Waals surface area contributed by atoms with Crippen LogP contribution in [-0.2, 0) is 20.3 Å². The lowest BCUT2D eigenvalue weighted by molar-refractivity contribution is -0.136. The molecule has 0 aliphatic rings. The molecule has 2 aromatic carbocycles. The molecule has 0 saturated heterocycles. The lowest BCUT2D eigenvalue weighted by Crippen LogP contribution is -2.12. The molecule has 2 N–H and O–H groups in total. The van der Waals surface area contributed by atoms with Crippen LogP contribution in [0.25, 0.3) is 0 Å². The fraction of sp³-hybridized carbons (Fsp3) is 0.350. The number of benzene rings is 2. The van der Waals surface area contributed by atoms with Gasteiger partial charge >= 0.3 is 14.2 Å². The van der Waals surface area contributed by atoms with Crippen molar-refractivity contribution in [2.24, 2.45) is 0 Å². The zero-order chi connectivity index (χ0) is 20.1. The number of carbonyl (C=O) groups excluding carboxylic acids is 1. The van der Waals surface area contributed by atoms with Gasteiger partial charge in [-0.25, -0.2) is 9.36 Å². The van der Waals surface area contributed by atoms with Crippen LogP contribution in [0.4, 0.5) is 0 Å². The standard InChI is InChI=1S/C20H25O6P/c1-12(2)17-9-15(5-6-19(17)21)10-18-13(3)7-16(8-14(18)4)25-11-20(22)26-27(23)24/h5-9,12,21,27H,10-11H2,1-4H3,(H,23,24). The molecule has 0 aliphatic heterocycles.